The lowest BCUT2D eigenvalue weighted by atomic mass is 10.1. The number of rotatable bonds is 7. The van der Waals surface area contributed by atoms with Crippen molar-refractivity contribution in [3.63, 3.8) is 0 Å². The number of para-hydroxylation sites is 1. The SMILES string of the molecule is CCCN(CC)C(CC)C(=O)Nc1c(C)cccc1C.CS(=O)(=O)O. The third-order valence-electron chi connectivity index (χ3n) is 3.78. The maximum Gasteiger partial charge on any atom is 0.261 e. The summed E-state index contributed by atoms with van der Waals surface area (Å²) in [6.45, 7) is 12.3. The van der Waals surface area contributed by atoms with Crippen molar-refractivity contribution in [1.82, 2.24) is 4.90 Å². The molecule has 0 saturated carbocycles. The van der Waals surface area contributed by atoms with Crippen LogP contribution in [-0.2, 0) is 14.9 Å². The molecular formula is C18H32N2O4S. The van der Waals surface area contributed by atoms with Gasteiger partial charge in [-0.05, 0) is 50.9 Å². The van der Waals surface area contributed by atoms with Gasteiger partial charge in [0.1, 0.15) is 0 Å². The lowest BCUT2D eigenvalue weighted by molar-refractivity contribution is -0.121. The largest absolute Gasteiger partial charge is 0.324 e. The van der Waals surface area contributed by atoms with E-state index in [1.165, 1.54) is 0 Å². The van der Waals surface area contributed by atoms with Gasteiger partial charge in [0.25, 0.3) is 10.1 Å². The average Bonchev–Trinajstić information content (AvgIpc) is 2.49. The number of hydrogen-bond acceptors (Lipinski definition) is 4. The summed E-state index contributed by atoms with van der Waals surface area (Å²) in [6.07, 6.45) is 2.62. The molecular weight excluding hydrogens is 340 g/mol. The molecule has 1 unspecified atom stereocenters. The van der Waals surface area contributed by atoms with Crippen LogP contribution in [0.25, 0.3) is 0 Å². The predicted molar refractivity (Wildman–Crippen MR) is 104 cm³/mol. The van der Waals surface area contributed by atoms with Crippen LogP contribution in [0.2, 0.25) is 0 Å². The van der Waals surface area contributed by atoms with Gasteiger partial charge in [0, 0.05) is 5.69 Å². The van der Waals surface area contributed by atoms with Crippen molar-refractivity contribution in [2.75, 3.05) is 24.7 Å². The number of anilines is 1. The molecule has 0 aliphatic carbocycles. The molecule has 25 heavy (non-hydrogen) atoms. The summed E-state index contributed by atoms with van der Waals surface area (Å²) >= 11 is 0. The average molecular weight is 373 g/mol. The molecule has 2 N–H and O–H groups in total. The van der Waals surface area contributed by atoms with E-state index in [0.29, 0.717) is 6.26 Å². The van der Waals surface area contributed by atoms with Crippen LogP contribution < -0.4 is 5.32 Å². The molecule has 0 spiro atoms. The minimum atomic E-state index is -3.67. The van der Waals surface area contributed by atoms with Gasteiger partial charge in [0.05, 0.1) is 12.3 Å². The Morgan fingerprint density at radius 1 is 1.20 bits per heavy atom. The first-order valence-electron chi connectivity index (χ1n) is 8.58. The van der Waals surface area contributed by atoms with Gasteiger partial charge >= 0.3 is 0 Å². The van der Waals surface area contributed by atoms with E-state index in [9.17, 15) is 13.2 Å². The minimum absolute atomic E-state index is 0.0426. The summed E-state index contributed by atoms with van der Waals surface area (Å²) < 4.78 is 25.9. The van der Waals surface area contributed by atoms with E-state index in [0.717, 1.165) is 42.7 Å². The molecule has 0 heterocycles. The monoisotopic (exact) mass is 372 g/mol. The number of amides is 1. The third kappa shape index (κ3) is 9.57. The highest BCUT2D eigenvalue weighted by molar-refractivity contribution is 7.85. The number of hydrogen-bond donors (Lipinski definition) is 2. The fourth-order valence-corrected chi connectivity index (χ4v) is 2.65. The predicted octanol–water partition coefficient (Wildman–Crippen LogP) is 3.26. The van der Waals surface area contributed by atoms with Gasteiger partial charge in [-0.15, -0.1) is 0 Å². The highest BCUT2D eigenvalue weighted by atomic mass is 32.2. The second-order valence-electron chi connectivity index (χ2n) is 6.04. The van der Waals surface area contributed by atoms with Crippen LogP contribution in [0.15, 0.2) is 18.2 Å². The van der Waals surface area contributed by atoms with Crippen molar-refractivity contribution >= 4 is 21.7 Å². The maximum atomic E-state index is 12.6. The van der Waals surface area contributed by atoms with E-state index < -0.39 is 10.1 Å². The van der Waals surface area contributed by atoms with Crippen molar-refractivity contribution in [1.29, 1.82) is 0 Å². The summed E-state index contributed by atoms with van der Waals surface area (Å²) in [5.74, 6) is 0.111. The van der Waals surface area contributed by atoms with E-state index in [4.69, 9.17) is 4.55 Å². The fourth-order valence-electron chi connectivity index (χ4n) is 2.65. The number of nitrogens with zero attached hydrogens (tertiary/aromatic N) is 1. The Labute approximate surface area is 152 Å². The van der Waals surface area contributed by atoms with Gasteiger partial charge in [-0.3, -0.25) is 14.2 Å². The zero-order valence-electron chi connectivity index (χ0n) is 16.2. The molecule has 1 aromatic rings. The molecule has 0 saturated heterocycles. The molecule has 1 rings (SSSR count). The van der Waals surface area contributed by atoms with Crippen molar-refractivity contribution in [2.24, 2.45) is 0 Å². The number of benzene rings is 1. The molecule has 1 aromatic carbocycles. The molecule has 144 valence electrons. The second kappa shape index (κ2) is 11.2. The Bertz CT molecular complexity index is 616. The Kier molecular flexibility index (Phi) is 10.6. The Hall–Kier alpha value is -1.44. The van der Waals surface area contributed by atoms with Crippen LogP contribution in [-0.4, -0.2) is 49.2 Å². The lowest BCUT2D eigenvalue weighted by Crippen LogP contribution is -2.44. The summed E-state index contributed by atoms with van der Waals surface area (Å²) in [7, 11) is -3.67. The maximum absolute atomic E-state index is 12.6. The Balaban J connectivity index is 0.00000101. The molecule has 1 amide bonds. The molecule has 0 aromatic heterocycles. The quantitative estimate of drug-likeness (QED) is 0.718. The van der Waals surface area contributed by atoms with Gasteiger partial charge in [-0.25, -0.2) is 0 Å². The van der Waals surface area contributed by atoms with Gasteiger partial charge < -0.3 is 5.32 Å². The zero-order chi connectivity index (χ0) is 19.6. The van der Waals surface area contributed by atoms with Gasteiger partial charge in [-0.2, -0.15) is 8.42 Å². The second-order valence-corrected chi connectivity index (χ2v) is 7.51. The number of carbonyl (C=O) groups excluding carboxylic acids is 1. The number of nitrogens with one attached hydrogen (secondary N) is 1. The van der Waals surface area contributed by atoms with Crippen LogP contribution >= 0.6 is 0 Å². The first-order valence-corrected chi connectivity index (χ1v) is 10.4. The molecule has 0 fully saturated rings. The molecule has 0 radical (unpaired) electrons. The number of aryl methyl sites for hydroxylation is 2. The summed E-state index contributed by atoms with van der Waals surface area (Å²) in [4.78, 5) is 14.8. The van der Waals surface area contributed by atoms with Gasteiger partial charge in [0.2, 0.25) is 5.91 Å². The molecule has 0 bridgehead atoms. The number of likely N-dealkylation sites (N-methyl/N-ethyl adjacent to an activating group) is 1. The van der Waals surface area contributed by atoms with Gasteiger partial charge in [0.15, 0.2) is 0 Å². The van der Waals surface area contributed by atoms with Gasteiger partial charge in [-0.1, -0.05) is 39.0 Å². The normalized spacial score (nSPS) is 12.3. The van der Waals surface area contributed by atoms with Crippen molar-refractivity contribution in [3.8, 4) is 0 Å². The highest BCUT2D eigenvalue weighted by Crippen LogP contribution is 2.20. The number of carbonyl (C=O) groups is 1. The Morgan fingerprint density at radius 3 is 2.04 bits per heavy atom. The molecule has 1 atom stereocenters. The first kappa shape index (κ1) is 23.6. The Morgan fingerprint density at radius 2 is 1.68 bits per heavy atom. The lowest BCUT2D eigenvalue weighted by Gasteiger charge is -2.29. The van der Waals surface area contributed by atoms with Crippen molar-refractivity contribution in [3.05, 3.63) is 29.3 Å². The highest BCUT2D eigenvalue weighted by Gasteiger charge is 2.23. The smallest absolute Gasteiger partial charge is 0.261 e. The first-order chi connectivity index (χ1) is 11.5. The molecule has 0 aliphatic rings. The van der Waals surface area contributed by atoms with Crippen LogP contribution in [0.3, 0.4) is 0 Å². The van der Waals surface area contributed by atoms with Crippen molar-refractivity contribution < 1.29 is 17.8 Å². The topological polar surface area (TPSA) is 86.7 Å². The molecule has 6 nitrogen and oxygen atoms in total. The van der Waals surface area contributed by atoms with E-state index in [-0.39, 0.29) is 11.9 Å². The summed E-state index contributed by atoms with van der Waals surface area (Å²) in [6, 6.07) is 6.05. The standard InChI is InChI=1S/C17H28N2O.CH4O3S/c1-6-12-19(8-3)15(7-2)17(20)18-16-13(4)10-9-11-14(16)5;1-5(2,3)4/h9-11,15H,6-8,12H2,1-5H3,(H,18,20);1H3,(H,2,3,4). The minimum Gasteiger partial charge on any atom is -0.324 e. The van der Waals surface area contributed by atoms with E-state index in [2.05, 4.69) is 31.0 Å². The van der Waals surface area contributed by atoms with E-state index in [1.54, 1.807) is 0 Å². The third-order valence-corrected chi connectivity index (χ3v) is 3.78. The van der Waals surface area contributed by atoms with Crippen molar-refractivity contribution in [2.45, 2.75) is 53.5 Å². The summed E-state index contributed by atoms with van der Waals surface area (Å²) in [5.41, 5.74) is 3.20. The molecule has 7 heteroatoms. The van der Waals surface area contributed by atoms with Crippen LogP contribution in [0.5, 0.6) is 0 Å². The molecule has 0 aliphatic heterocycles. The van der Waals surface area contributed by atoms with Crippen LogP contribution in [0, 0.1) is 13.8 Å². The summed E-state index contributed by atoms with van der Waals surface area (Å²) in [5, 5.41) is 3.12. The van der Waals surface area contributed by atoms with E-state index >= 15 is 0 Å². The zero-order valence-corrected chi connectivity index (χ0v) is 17.0. The van der Waals surface area contributed by atoms with E-state index in [1.807, 2.05) is 32.0 Å². The van der Waals surface area contributed by atoms with Crippen LogP contribution in [0.4, 0.5) is 5.69 Å². The van der Waals surface area contributed by atoms with Crippen LogP contribution in [0.1, 0.15) is 44.7 Å². The fraction of sp³-hybridized carbons (Fsp3) is 0.611.